The fourth-order valence-electron chi connectivity index (χ4n) is 4.34. The van der Waals surface area contributed by atoms with Crippen molar-refractivity contribution < 1.29 is 23.9 Å². The molecule has 35 heavy (non-hydrogen) atoms. The highest BCUT2D eigenvalue weighted by Gasteiger charge is 2.41. The summed E-state index contributed by atoms with van der Waals surface area (Å²) >= 11 is 1.63. The molecule has 2 fully saturated rings. The Bertz CT molecular complexity index is 1030. The van der Waals surface area contributed by atoms with Crippen LogP contribution in [0, 0.1) is 5.41 Å². The molecule has 1 aromatic carbocycles. The van der Waals surface area contributed by atoms with Gasteiger partial charge in [-0.2, -0.15) is 11.8 Å². The van der Waals surface area contributed by atoms with Gasteiger partial charge < -0.3 is 19.8 Å². The smallest absolute Gasteiger partial charge is 0.415 e. The number of hydrogen-bond donors (Lipinski definition) is 1. The maximum absolute atomic E-state index is 13.1. The van der Waals surface area contributed by atoms with Crippen molar-refractivity contribution in [3.63, 3.8) is 0 Å². The van der Waals surface area contributed by atoms with Crippen molar-refractivity contribution in [1.82, 2.24) is 14.7 Å². The summed E-state index contributed by atoms with van der Waals surface area (Å²) in [6, 6.07) is 9.53. The van der Waals surface area contributed by atoms with Gasteiger partial charge in [-0.05, 0) is 29.5 Å². The second-order valence-electron chi connectivity index (χ2n) is 8.69. The van der Waals surface area contributed by atoms with E-state index in [4.69, 9.17) is 14.9 Å². The van der Waals surface area contributed by atoms with Gasteiger partial charge in [-0.1, -0.05) is 30.3 Å². The van der Waals surface area contributed by atoms with Crippen LogP contribution in [0.5, 0.6) is 0 Å². The lowest BCUT2D eigenvalue weighted by Crippen LogP contribution is -2.53. The first-order valence-electron chi connectivity index (χ1n) is 11.6. The average Bonchev–Trinajstić information content (AvgIpc) is 3.25. The van der Waals surface area contributed by atoms with Crippen LogP contribution in [0.3, 0.4) is 0 Å². The second kappa shape index (κ2) is 11.5. The van der Waals surface area contributed by atoms with Gasteiger partial charge in [0.25, 0.3) is 5.91 Å². The van der Waals surface area contributed by atoms with E-state index >= 15 is 0 Å². The molecular weight excluding hydrogens is 468 g/mol. The number of benzene rings is 1. The third-order valence-corrected chi connectivity index (χ3v) is 6.82. The first-order chi connectivity index (χ1) is 16.9. The number of carbonyl (C=O) groups is 3. The van der Waals surface area contributed by atoms with Crippen molar-refractivity contribution in [2.75, 3.05) is 51.3 Å². The Labute approximate surface area is 209 Å². The molecule has 0 aromatic heterocycles. The van der Waals surface area contributed by atoms with Gasteiger partial charge in [0, 0.05) is 49.8 Å². The van der Waals surface area contributed by atoms with Crippen molar-refractivity contribution in [2.24, 2.45) is 0 Å². The second-order valence-corrected chi connectivity index (χ2v) is 9.55. The summed E-state index contributed by atoms with van der Waals surface area (Å²) in [5, 5.41) is 7.91. The Kier molecular flexibility index (Phi) is 8.25. The molecule has 2 heterocycles. The van der Waals surface area contributed by atoms with Crippen molar-refractivity contribution >= 4 is 35.4 Å². The molecular formula is C25H30N4O5S. The summed E-state index contributed by atoms with van der Waals surface area (Å²) in [5.74, 6) is 0.198. The number of esters is 1. The number of amides is 2. The lowest BCUT2D eigenvalue weighted by atomic mass is 10.0. The summed E-state index contributed by atoms with van der Waals surface area (Å²) in [5.41, 5.74) is 3.16. The van der Waals surface area contributed by atoms with E-state index in [1.165, 1.54) is 4.90 Å². The van der Waals surface area contributed by atoms with E-state index in [9.17, 15) is 14.4 Å². The summed E-state index contributed by atoms with van der Waals surface area (Å²) in [7, 11) is 0. The predicted octanol–water partition coefficient (Wildman–Crippen LogP) is 2.29. The maximum atomic E-state index is 13.1. The molecule has 9 nitrogen and oxygen atoms in total. The van der Waals surface area contributed by atoms with Gasteiger partial charge in [-0.3, -0.25) is 19.4 Å². The molecule has 2 saturated heterocycles. The number of cyclic esters (lactones) is 1. The highest BCUT2D eigenvalue weighted by molar-refractivity contribution is 7.98. The topological polar surface area (TPSA) is 103 Å². The Morgan fingerprint density at radius 3 is 2.60 bits per heavy atom. The minimum absolute atomic E-state index is 0.161. The van der Waals surface area contributed by atoms with Crippen LogP contribution in [-0.2, 0) is 25.7 Å². The number of allylic oxidation sites excluding steroid dienone is 2. The van der Waals surface area contributed by atoms with E-state index in [2.05, 4.69) is 0 Å². The molecule has 1 aliphatic carbocycles. The van der Waals surface area contributed by atoms with Gasteiger partial charge in [0.15, 0.2) is 6.10 Å². The number of rotatable bonds is 8. The summed E-state index contributed by atoms with van der Waals surface area (Å²) < 4.78 is 10.8. The van der Waals surface area contributed by atoms with Crippen LogP contribution < -0.4 is 0 Å². The zero-order chi connectivity index (χ0) is 24.8. The minimum atomic E-state index is -0.859. The molecule has 2 amide bonds. The minimum Gasteiger partial charge on any atom is -0.460 e. The number of nitrogens with zero attached hydrogens (tertiary/aromatic N) is 3. The highest BCUT2D eigenvalue weighted by Crippen LogP contribution is 2.28. The summed E-state index contributed by atoms with van der Waals surface area (Å²) in [4.78, 5) is 43.0. The van der Waals surface area contributed by atoms with Gasteiger partial charge in [-0.25, -0.2) is 4.79 Å². The Hall–Kier alpha value is -3.11. The standard InChI is InChI=1S/C25H30N4O5S/c1-35-17-19-13-20(26)7-8-21(19)29-14-22(34-25(29)32)24(31)28-11-9-27(10-12-28)15-23(30)33-16-18-5-3-2-4-6-18/h2-8,22,26H,9-17H2,1H3. The molecule has 186 valence electrons. The molecule has 1 unspecified atom stereocenters. The van der Waals surface area contributed by atoms with E-state index in [0.717, 1.165) is 16.8 Å². The Morgan fingerprint density at radius 2 is 1.89 bits per heavy atom. The van der Waals surface area contributed by atoms with Gasteiger partial charge in [0.05, 0.1) is 13.1 Å². The van der Waals surface area contributed by atoms with Crippen LogP contribution in [0.25, 0.3) is 0 Å². The number of ether oxygens (including phenoxy) is 2. The Morgan fingerprint density at radius 1 is 1.14 bits per heavy atom. The quantitative estimate of drug-likeness (QED) is 0.549. The van der Waals surface area contributed by atoms with Crippen molar-refractivity contribution in [3.8, 4) is 0 Å². The van der Waals surface area contributed by atoms with E-state index in [-0.39, 0.29) is 31.6 Å². The molecule has 1 N–H and O–H groups in total. The van der Waals surface area contributed by atoms with Gasteiger partial charge in [0.1, 0.15) is 6.61 Å². The van der Waals surface area contributed by atoms with Crippen LogP contribution >= 0.6 is 11.8 Å². The number of piperazine rings is 1. The zero-order valence-corrected chi connectivity index (χ0v) is 20.6. The first kappa shape index (κ1) is 25.0. The summed E-state index contributed by atoms with van der Waals surface area (Å²) in [6.07, 6.45) is 4.53. The molecule has 2 aliphatic heterocycles. The monoisotopic (exact) mass is 498 g/mol. The number of hydrogen-bond acceptors (Lipinski definition) is 8. The summed E-state index contributed by atoms with van der Waals surface area (Å²) in [6.45, 7) is 2.58. The predicted molar refractivity (Wildman–Crippen MR) is 133 cm³/mol. The molecule has 0 saturated carbocycles. The van der Waals surface area contributed by atoms with E-state index in [1.54, 1.807) is 28.8 Å². The van der Waals surface area contributed by atoms with Crippen LogP contribution in [0.4, 0.5) is 4.79 Å². The third-order valence-electron chi connectivity index (χ3n) is 6.18. The molecule has 0 radical (unpaired) electrons. The van der Waals surface area contributed by atoms with Crippen molar-refractivity contribution in [1.29, 1.82) is 5.41 Å². The number of carbonyl (C=O) groups excluding carboxylic acids is 3. The molecule has 4 rings (SSSR count). The normalized spacial score (nSPS) is 20.9. The largest absolute Gasteiger partial charge is 0.460 e. The maximum Gasteiger partial charge on any atom is 0.415 e. The fourth-order valence-corrected chi connectivity index (χ4v) is 4.94. The first-order valence-corrected chi connectivity index (χ1v) is 13.0. The van der Waals surface area contributed by atoms with Crippen LogP contribution in [0.1, 0.15) is 12.0 Å². The molecule has 1 aromatic rings. The van der Waals surface area contributed by atoms with E-state index in [0.29, 0.717) is 44.1 Å². The number of thioether (sulfide) groups is 1. The molecule has 1 atom stereocenters. The Balaban J connectivity index is 1.26. The van der Waals surface area contributed by atoms with Gasteiger partial charge >= 0.3 is 12.1 Å². The van der Waals surface area contributed by atoms with Crippen molar-refractivity contribution in [3.05, 3.63) is 59.3 Å². The van der Waals surface area contributed by atoms with Crippen molar-refractivity contribution in [2.45, 2.75) is 19.1 Å². The molecule has 0 spiro atoms. The molecule has 3 aliphatic rings. The van der Waals surface area contributed by atoms with Gasteiger partial charge in [0.2, 0.25) is 0 Å². The van der Waals surface area contributed by atoms with Crippen LogP contribution in [0.15, 0.2) is 53.8 Å². The average molecular weight is 499 g/mol. The lowest BCUT2D eigenvalue weighted by Gasteiger charge is -2.34. The van der Waals surface area contributed by atoms with E-state index < -0.39 is 12.2 Å². The van der Waals surface area contributed by atoms with E-state index in [1.807, 2.05) is 41.5 Å². The number of nitrogens with one attached hydrogen (secondary N) is 1. The van der Waals surface area contributed by atoms with Gasteiger partial charge in [-0.15, -0.1) is 0 Å². The molecule has 0 bridgehead atoms. The lowest BCUT2D eigenvalue weighted by molar-refractivity contribution is -0.147. The third kappa shape index (κ3) is 6.32. The fraction of sp³-hybridized carbons (Fsp3) is 0.440. The van der Waals surface area contributed by atoms with Crippen LogP contribution in [0.2, 0.25) is 0 Å². The zero-order valence-electron chi connectivity index (χ0n) is 19.8. The highest BCUT2D eigenvalue weighted by atomic mass is 32.2. The SMILES string of the molecule is CSCC1=C(N2CC(C(=O)N3CCN(CC(=O)OCc4ccccc4)CC3)OC2=O)C=CC(=N)C1. The van der Waals surface area contributed by atoms with Crippen LogP contribution in [-0.4, -0.2) is 95.8 Å². The molecule has 10 heteroatoms.